The Morgan fingerprint density at radius 2 is 1.81 bits per heavy atom. The Hall–Kier alpha value is -1.62. The average Bonchev–Trinajstić information content (AvgIpc) is 2.95. The summed E-state index contributed by atoms with van der Waals surface area (Å²) in [5, 5.41) is 6.74. The van der Waals surface area contributed by atoms with Crippen molar-refractivity contribution in [1.82, 2.24) is 9.97 Å². The first-order chi connectivity index (χ1) is 10.3. The molecule has 0 saturated carbocycles. The first-order valence-corrected chi connectivity index (χ1v) is 8.44. The maximum atomic E-state index is 6.01. The number of halogens is 1. The van der Waals surface area contributed by atoms with Crippen LogP contribution < -0.4 is 0 Å². The molecule has 0 unspecified atom stereocenters. The van der Waals surface area contributed by atoms with Gasteiger partial charge in [-0.2, -0.15) is 0 Å². The van der Waals surface area contributed by atoms with Crippen molar-refractivity contribution < 1.29 is 0 Å². The minimum atomic E-state index is 0.299. The van der Waals surface area contributed by atoms with Crippen LogP contribution in [0.3, 0.4) is 0 Å². The summed E-state index contributed by atoms with van der Waals surface area (Å²) in [6.45, 7) is 0. The molecule has 0 saturated heterocycles. The van der Waals surface area contributed by atoms with Gasteiger partial charge in [0.2, 0.25) is 5.28 Å². The fraction of sp³-hybridized carbons (Fsp3) is 0. The van der Waals surface area contributed by atoms with Crippen molar-refractivity contribution in [3.05, 3.63) is 59.2 Å². The summed E-state index contributed by atoms with van der Waals surface area (Å²) in [4.78, 5) is 10.7. The summed E-state index contributed by atoms with van der Waals surface area (Å²) < 4.78 is 0. The number of hydrogen-bond donors (Lipinski definition) is 0. The zero-order valence-corrected chi connectivity index (χ0v) is 13.2. The summed E-state index contributed by atoms with van der Waals surface area (Å²) >= 11 is 9.21. The van der Waals surface area contributed by atoms with E-state index in [-0.39, 0.29) is 0 Å². The van der Waals surface area contributed by atoms with Crippen molar-refractivity contribution in [3.63, 3.8) is 0 Å². The van der Waals surface area contributed by atoms with Crippen molar-refractivity contribution in [1.29, 1.82) is 0 Å². The van der Waals surface area contributed by atoms with Crippen LogP contribution >= 0.6 is 34.7 Å². The van der Waals surface area contributed by atoms with E-state index < -0.39 is 0 Å². The van der Waals surface area contributed by atoms with Crippen LogP contribution in [0, 0.1) is 0 Å². The molecule has 0 aliphatic rings. The molecule has 0 aliphatic heterocycles. The smallest absolute Gasteiger partial charge is 0.210 e. The van der Waals surface area contributed by atoms with Crippen molar-refractivity contribution in [2.24, 2.45) is 0 Å². The van der Waals surface area contributed by atoms with Gasteiger partial charge in [0.25, 0.3) is 0 Å². The Morgan fingerprint density at radius 1 is 0.952 bits per heavy atom. The van der Waals surface area contributed by atoms with Crippen LogP contribution in [0.4, 0.5) is 0 Å². The first-order valence-electron chi connectivity index (χ1n) is 6.37. The fourth-order valence-electron chi connectivity index (χ4n) is 2.22. The van der Waals surface area contributed by atoms with E-state index in [1.165, 1.54) is 10.8 Å². The zero-order chi connectivity index (χ0) is 14.2. The van der Waals surface area contributed by atoms with Gasteiger partial charge in [0.1, 0.15) is 9.86 Å². The first kappa shape index (κ1) is 13.1. The molecule has 2 aromatic heterocycles. The van der Waals surface area contributed by atoms with Crippen LogP contribution in [-0.4, -0.2) is 9.97 Å². The lowest BCUT2D eigenvalue weighted by Crippen LogP contribution is -1.86. The molecule has 0 atom stereocenters. The zero-order valence-electron chi connectivity index (χ0n) is 10.8. The van der Waals surface area contributed by atoms with Crippen LogP contribution in [0.2, 0.25) is 5.28 Å². The van der Waals surface area contributed by atoms with E-state index in [1.54, 1.807) is 23.1 Å². The number of thiophene rings is 1. The molecular formula is C16H9ClN2S2. The molecular weight excluding hydrogens is 320 g/mol. The highest BCUT2D eigenvalue weighted by Gasteiger charge is 2.09. The molecule has 2 nitrogen and oxygen atoms in total. The van der Waals surface area contributed by atoms with E-state index >= 15 is 0 Å². The van der Waals surface area contributed by atoms with Gasteiger partial charge in [0.05, 0.1) is 0 Å². The Balaban J connectivity index is 1.80. The van der Waals surface area contributed by atoms with E-state index in [1.807, 2.05) is 17.5 Å². The van der Waals surface area contributed by atoms with E-state index in [0.29, 0.717) is 5.28 Å². The van der Waals surface area contributed by atoms with Crippen molar-refractivity contribution in [3.8, 4) is 0 Å². The minimum Gasteiger partial charge on any atom is -0.210 e. The number of nitrogens with zero attached hydrogens (tertiary/aromatic N) is 2. The van der Waals surface area contributed by atoms with Gasteiger partial charge in [-0.15, -0.1) is 11.3 Å². The number of hydrogen-bond acceptors (Lipinski definition) is 4. The maximum absolute atomic E-state index is 6.01. The topological polar surface area (TPSA) is 25.8 Å². The predicted molar refractivity (Wildman–Crippen MR) is 90.5 cm³/mol. The van der Waals surface area contributed by atoms with E-state index in [4.69, 9.17) is 11.6 Å². The van der Waals surface area contributed by atoms with Gasteiger partial charge in [-0.3, -0.25) is 0 Å². The predicted octanol–water partition coefficient (Wildman–Crippen LogP) is 5.65. The quantitative estimate of drug-likeness (QED) is 0.351. The molecule has 5 heteroatoms. The van der Waals surface area contributed by atoms with E-state index in [9.17, 15) is 0 Å². The van der Waals surface area contributed by atoms with Crippen LogP contribution in [0.1, 0.15) is 0 Å². The molecule has 102 valence electrons. The molecule has 0 N–H and O–H groups in total. The largest absolute Gasteiger partial charge is 0.224 e. The third kappa shape index (κ3) is 2.50. The highest BCUT2D eigenvalue weighted by atomic mass is 35.5. The van der Waals surface area contributed by atoms with Crippen LogP contribution in [-0.2, 0) is 0 Å². The SMILES string of the molecule is Clc1nc(Sc2ccc3ccccc3c2)c2ccsc2n1. The molecule has 0 radical (unpaired) electrons. The average molecular weight is 329 g/mol. The summed E-state index contributed by atoms with van der Waals surface area (Å²) in [7, 11) is 0. The van der Waals surface area contributed by atoms with Gasteiger partial charge in [-0.1, -0.05) is 42.1 Å². The molecule has 0 bridgehead atoms. The van der Waals surface area contributed by atoms with Crippen molar-refractivity contribution in [2.75, 3.05) is 0 Å². The molecule has 2 aromatic carbocycles. The molecule has 0 fully saturated rings. The summed E-state index contributed by atoms with van der Waals surface area (Å²) in [5.74, 6) is 0. The Morgan fingerprint density at radius 3 is 2.71 bits per heavy atom. The van der Waals surface area contributed by atoms with Gasteiger partial charge in [0.15, 0.2) is 0 Å². The lowest BCUT2D eigenvalue weighted by Gasteiger charge is -2.05. The van der Waals surface area contributed by atoms with Gasteiger partial charge in [-0.25, -0.2) is 9.97 Å². The molecule has 4 aromatic rings. The number of rotatable bonds is 2. The lowest BCUT2D eigenvalue weighted by molar-refractivity contribution is 1.11. The van der Waals surface area contributed by atoms with Gasteiger partial charge in [0, 0.05) is 10.3 Å². The Bertz CT molecular complexity index is 949. The van der Waals surface area contributed by atoms with E-state index in [0.717, 1.165) is 20.1 Å². The third-order valence-corrected chi connectivity index (χ3v) is 5.17. The minimum absolute atomic E-state index is 0.299. The molecule has 4 rings (SSSR count). The molecule has 2 heterocycles. The molecule has 0 spiro atoms. The number of benzene rings is 2. The van der Waals surface area contributed by atoms with Crippen molar-refractivity contribution >= 4 is 55.7 Å². The summed E-state index contributed by atoms with van der Waals surface area (Å²) in [6.07, 6.45) is 0. The fourth-order valence-corrected chi connectivity index (χ4v) is 4.27. The Labute approximate surface area is 134 Å². The second kappa shape index (κ2) is 5.30. The van der Waals surface area contributed by atoms with Crippen LogP contribution in [0.15, 0.2) is 63.8 Å². The summed E-state index contributed by atoms with van der Waals surface area (Å²) in [5.41, 5.74) is 0. The number of fused-ring (bicyclic) bond motifs is 2. The van der Waals surface area contributed by atoms with Crippen LogP contribution in [0.25, 0.3) is 21.0 Å². The highest BCUT2D eigenvalue weighted by molar-refractivity contribution is 7.99. The molecule has 0 amide bonds. The van der Waals surface area contributed by atoms with Gasteiger partial charge < -0.3 is 0 Å². The second-order valence-electron chi connectivity index (χ2n) is 4.55. The monoisotopic (exact) mass is 328 g/mol. The van der Waals surface area contributed by atoms with E-state index in [2.05, 4.69) is 46.4 Å². The van der Waals surface area contributed by atoms with Gasteiger partial charge in [-0.05, 0) is 46.0 Å². The number of aromatic nitrogens is 2. The maximum Gasteiger partial charge on any atom is 0.224 e. The normalized spacial score (nSPS) is 11.3. The Kier molecular flexibility index (Phi) is 3.30. The lowest BCUT2D eigenvalue weighted by atomic mass is 10.1. The van der Waals surface area contributed by atoms with Gasteiger partial charge >= 0.3 is 0 Å². The molecule has 0 aliphatic carbocycles. The second-order valence-corrected chi connectivity index (χ2v) is 6.84. The highest BCUT2D eigenvalue weighted by Crippen LogP contribution is 2.35. The third-order valence-electron chi connectivity index (χ3n) is 3.20. The standard InChI is InChI=1S/C16H9ClN2S2/c17-16-18-14-13(7-8-20-14)15(19-16)21-12-6-5-10-3-1-2-4-11(10)9-12/h1-9H. The molecule has 21 heavy (non-hydrogen) atoms. The van der Waals surface area contributed by atoms with Crippen molar-refractivity contribution in [2.45, 2.75) is 9.92 Å². The summed E-state index contributed by atoms with van der Waals surface area (Å²) in [6, 6.07) is 16.8. The van der Waals surface area contributed by atoms with Crippen LogP contribution in [0.5, 0.6) is 0 Å².